The van der Waals surface area contributed by atoms with E-state index in [9.17, 15) is 13.2 Å². The fraction of sp³-hybridized carbons (Fsp3) is 0.519. The summed E-state index contributed by atoms with van der Waals surface area (Å²) >= 11 is 0. The second kappa shape index (κ2) is 12.6. The van der Waals surface area contributed by atoms with Crippen LogP contribution >= 0.6 is 0 Å². The van der Waals surface area contributed by atoms with Crippen LogP contribution in [0.2, 0.25) is 0 Å². The Hall–Kier alpha value is -2.62. The number of benzene rings is 2. The molecule has 0 aliphatic carbocycles. The molecule has 0 radical (unpaired) electrons. The van der Waals surface area contributed by atoms with Crippen LogP contribution < -0.4 is 11.1 Å². The largest absolute Gasteiger partial charge is 0.449 e. The van der Waals surface area contributed by atoms with E-state index in [2.05, 4.69) is 12.2 Å². The molecular weight excluding hydrogens is 478 g/mol. The van der Waals surface area contributed by atoms with Gasteiger partial charge < -0.3 is 20.5 Å². The molecule has 36 heavy (non-hydrogen) atoms. The van der Waals surface area contributed by atoms with Crippen molar-refractivity contribution in [2.24, 2.45) is 11.3 Å². The van der Waals surface area contributed by atoms with Gasteiger partial charge in [-0.1, -0.05) is 51.1 Å². The lowest BCUT2D eigenvalue weighted by Gasteiger charge is -2.40. The number of anilines is 1. The summed E-state index contributed by atoms with van der Waals surface area (Å²) in [5.41, 5.74) is 7.21. The molecule has 1 heterocycles. The van der Waals surface area contributed by atoms with Gasteiger partial charge in [0.1, 0.15) is 6.61 Å². The van der Waals surface area contributed by atoms with E-state index in [1.807, 2.05) is 44.2 Å². The molecule has 1 atom stereocenters. The topological polar surface area (TPSA) is 111 Å². The first kappa shape index (κ1) is 28.0. The molecule has 1 aliphatic rings. The summed E-state index contributed by atoms with van der Waals surface area (Å²) in [6.45, 7) is 8.15. The van der Waals surface area contributed by atoms with Crippen molar-refractivity contribution >= 4 is 21.8 Å². The average Bonchev–Trinajstić information content (AvgIpc) is 2.82. The van der Waals surface area contributed by atoms with Crippen LogP contribution in [-0.2, 0) is 25.9 Å². The van der Waals surface area contributed by atoms with Gasteiger partial charge >= 0.3 is 6.09 Å². The smallest absolute Gasteiger partial charge is 0.407 e. The lowest BCUT2D eigenvalue weighted by atomic mass is 9.84. The molecule has 2 aromatic carbocycles. The van der Waals surface area contributed by atoms with Gasteiger partial charge in [-0.25, -0.2) is 13.2 Å². The molecule has 198 valence electrons. The molecule has 2 aromatic rings. The fourth-order valence-electron chi connectivity index (χ4n) is 4.14. The third-order valence-electron chi connectivity index (χ3n) is 6.54. The summed E-state index contributed by atoms with van der Waals surface area (Å²) in [6, 6.07) is 15.8. The number of alkyl carbamates (subject to hydrolysis) is 1. The Labute approximate surface area is 215 Å². The highest BCUT2D eigenvalue weighted by atomic mass is 32.2. The number of hydrogen-bond acceptors (Lipinski definition) is 6. The normalized spacial score (nSPS) is 15.9. The number of hydrogen-bond donors (Lipinski definition) is 2. The van der Waals surface area contributed by atoms with Crippen molar-refractivity contribution in [2.45, 2.75) is 51.0 Å². The third kappa shape index (κ3) is 7.69. The quantitative estimate of drug-likeness (QED) is 0.388. The van der Waals surface area contributed by atoms with Crippen LogP contribution in [0.15, 0.2) is 59.5 Å². The zero-order valence-electron chi connectivity index (χ0n) is 21.5. The second-order valence-electron chi connectivity index (χ2n) is 10.1. The van der Waals surface area contributed by atoms with Crippen molar-refractivity contribution in [1.29, 1.82) is 0 Å². The molecular formula is C27H39N3O5S. The minimum absolute atomic E-state index is 0.104. The lowest BCUT2D eigenvalue weighted by molar-refractivity contribution is -0.139. The van der Waals surface area contributed by atoms with Gasteiger partial charge in [-0.2, -0.15) is 4.31 Å². The van der Waals surface area contributed by atoms with Crippen molar-refractivity contribution in [3.8, 4) is 0 Å². The second-order valence-corrected chi connectivity index (χ2v) is 12.0. The summed E-state index contributed by atoms with van der Waals surface area (Å²) < 4.78 is 39.2. The monoisotopic (exact) mass is 517 g/mol. The lowest BCUT2D eigenvalue weighted by Crippen LogP contribution is -2.48. The SMILES string of the molecule is CCC1(COC(=O)N[C@H](CCN(CC(C)C)S(=O)(=O)c2ccc(N)cc2)Cc2ccccc2)COC1. The number of amides is 1. The van der Waals surface area contributed by atoms with Crippen molar-refractivity contribution in [2.75, 3.05) is 38.6 Å². The van der Waals surface area contributed by atoms with E-state index >= 15 is 0 Å². The Morgan fingerprint density at radius 2 is 1.81 bits per heavy atom. The van der Waals surface area contributed by atoms with Crippen LogP contribution in [0.3, 0.4) is 0 Å². The highest BCUT2D eigenvalue weighted by Gasteiger charge is 2.38. The molecule has 0 saturated carbocycles. The number of nitrogen functional groups attached to an aromatic ring is 1. The van der Waals surface area contributed by atoms with E-state index in [0.717, 1.165) is 12.0 Å². The molecule has 0 bridgehead atoms. The molecule has 1 fully saturated rings. The Morgan fingerprint density at radius 3 is 2.36 bits per heavy atom. The van der Waals surface area contributed by atoms with Crippen LogP contribution in [0.25, 0.3) is 0 Å². The number of ether oxygens (including phenoxy) is 2. The molecule has 8 nitrogen and oxygen atoms in total. The summed E-state index contributed by atoms with van der Waals surface area (Å²) in [5, 5.41) is 2.98. The predicted molar refractivity (Wildman–Crippen MR) is 141 cm³/mol. The molecule has 9 heteroatoms. The summed E-state index contributed by atoms with van der Waals surface area (Å²) in [5.74, 6) is 0.133. The number of carbonyl (C=O) groups is 1. The molecule has 0 aromatic heterocycles. The van der Waals surface area contributed by atoms with Crippen LogP contribution in [0.4, 0.5) is 10.5 Å². The van der Waals surface area contributed by atoms with Crippen molar-refractivity contribution in [3.63, 3.8) is 0 Å². The Morgan fingerprint density at radius 1 is 1.14 bits per heavy atom. The van der Waals surface area contributed by atoms with Crippen LogP contribution in [0.5, 0.6) is 0 Å². The maximum Gasteiger partial charge on any atom is 0.407 e. The Kier molecular flexibility index (Phi) is 9.76. The minimum Gasteiger partial charge on any atom is -0.449 e. The first-order valence-corrected chi connectivity index (χ1v) is 14.0. The van der Waals surface area contributed by atoms with Gasteiger partial charge in [-0.15, -0.1) is 0 Å². The maximum atomic E-state index is 13.4. The third-order valence-corrected chi connectivity index (χ3v) is 8.42. The van der Waals surface area contributed by atoms with E-state index in [0.29, 0.717) is 44.9 Å². The van der Waals surface area contributed by atoms with Gasteiger partial charge in [0.25, 0.3) is 0 Å². The van der Waals surface area contributed by atoms with E-state index < -0.39 is 16.1 Å². The van der Waals surface area contributed by atoms with Gasteiger partial charge in [-0.3, -0.25) is 0 Å². The number of sulfonamides is 1. The molecule has 0 unspecified atom stereocenters. The van der Waals surface area contributed by atoms with Crippen molar-refractivity contribution in [1.82, 2.24) is 9.62 Å². The first-order valence-electron chi connectivity index (χ1n) is 12.5. The van der Waals surface area contributed by atoms with Gasteiger partial charge in [0.2, 0.25) is 10.0 Å². The standard InChI is InChI=1S/C27H39N3O5S/c1-4-27(18-34-19-27)20-35-26(31)29-24(16-22-8-6-5-7-9-22)14-15-30(17-21(2)3)36(32,33)25-12-10-23(28)11-13-25/h5-13,21,24H,4,14-20,28H2,1-3H3,(H,29,31)/t24-/m1/s1. The summed E-state index contributed by atoms with van der Waals surface area (Å²) in [4.78, 5) is 12.9. The first-order chi connectivity index (χ1) is 17.1. The number of nitrogens with two attached hydrogens (primary N) is 1. The molecule has 1 aliphatic heterocycles. The van der Waals surface area contributed by atoms with Crippen LogP contribution in [0.1, 0.15) is 39.2 Å². The number of nitrogens with zero attached hydrogens (tertiary/aromatic N) is 1. The Balaban J connectivity index is 1.71. The number of nitrogens with one attached hydrogen (secondary N) is 1. The maximum absolute atomic E-state index is 13.4. The molecule has 1 amide bonds. The zero-order valence-corrected chi connectivity index (χ0v) is 22.3. The summed E-state index contributed by atoms with van der Waals surface area (Å²) in [7, 11) is -3.72. The molecule has 3 N–H and O–H groups in total. The van der Waals surface area contributed by atoms with E-state index in [-0.39, 0.29) is 28.8 Å². The fourth-order valence-corrected chi connectivity index (χ4v) is 5.75. The van der Waals surface area contributed by atoms with Gasteiger partial charge in [0.15, 0.2) is 0 Å². The van der Waals surface area contributed by atoms with Gasteiger partial charge in [-0.05, 0) is 55.0 Å². The van der Waals surface area contributed by atoms with Crippen LogP contribution in [0, 0.1) is 11.3 Å². The van der Waals surface area contributed by atoms with Crippen LogP contribution in [-0.4, -0.2) is 57.8 Å². The zero-order chi connectivity index (χ0) is 26.2. The van der Waals surface area contributed by atoms with Crippen molar-refractivity contribution in [3.05, 3.63) is 60.2 Å². The van der Waals surface area contributed by atoms with E-state index in [1.54, 1.807) is 12.1 Å². The summed E-state index contributed by atoms with van der Waals surface area (Å²) in [6.07, 6.45) is 1.39. The van der Waals surface area contributed by atoms with Crippen molar-refractivity contribution < 1.29 is 22.7 Å². The Bertz CT molecular complexity index is 1060. The highest BCUT2D eigenvalue weighted by molar-refractivity contribution is 7.89. The molecule has 0 spiro atoms. The number of rotatable bonds is 13. The predicted octanol–water partition coefficient (Wildman–Crippen LogP) is 4.07. The molecule has 3 rings (SSSR count). The average molecular weight is 518 g/mol. The molecule has 1 saturated heterocycles. The highest BCUT2D eigenvalue weighted by Crippen LogP contribution is 2.31. The number of carbonyl (C=O) groups excluding carboxylic acids is 1. The minimum atomic E-state index is -3.72. The van der Waals surface area contributed by atoms with Gasteiger partial charge in [0, 0.05) is 24.8 Å². The van der Waals surface area contributed by atoms with E-state index in [1.165, 1.54) is 16.4 Å². The van der Waals surface area contributed by atoms with Gasteiger partial charge in [0.05, 0.1) is 23.5 Å². The van der Waals surface area contributed by atoms with E-state index in [4.69, 9.17) is 15.2 Å².